The first kappa shape index (κ1) is 17.7. The molecule has 1 aromatic rings. The van der Waals surface area contributed by atoms with E-state index in [2.05, 4.69) is 22.3 Å². The summed E-state index contributed by atoms with van der Waals surface area (Å²) in [4.78, 5) is 28.6. The number of rotatable bonds is 7. The van der Waals surface area contributed by atoms with Crippen molar-refractivity contribution in [3.05, 3.63) is 24.3 Å². The zero-order valence-electron chi connectivity index (χ0n) is 14.9. The molecule has 2 saturated heterocycles. The second-order valence-corrected chi connectivity index (χ2v) is 6.82. The summed E-state index contributed by atoms with van der Waals surface area (Å²) >= 11 is 0. The third kappa shape index (κ3) is 4.51. The van der Waals surface area contributed by atoms with Crippen LogP contribution in [-0.2, 0) is 14.3 Å². The molecule has 2 fully saturated rings. The third-order valence-electron chi connectivity index (χ3n) is 4.97. The molecule has 2 amide bonds. The van der Waals surface area contributed by atoms with Crippen LogP contribution in [0.5, 0.6) is 0 Å². The van der Waals surface area contributed by atoms with Gasteiger partial charge in [-0.25, -0.2) is 0 Å². The molecule has 3 rings (SSSR count). The van der Waals surface area contributed by atoms with Gasteiger partial charge in [0.2, 0.25) is 11.8 Å². The topological polar surface area (TPSA) is 61.9 Å². The molecule has 0 saturated carbocycles. The fraction of sp³-hybridized carbons (Fsp3) is 0.579. The summed E-state index contributed by atoms with van der Waals surface area (Å²) in [6, 6.07) is 7.99. The normalized spacial score (nSPS) is 20.4. The molecule has 0 radical (unpaired) electrons. The number of amides is 2. The number of hydrogen-bond acceptors (Lipinski definition) is 4. The molecular formula is C19H27N3O3. The van der Waals surface area contributed by atoms with Crippen molar-refractivity contribution in [1.82, 2.24) is 4.90 Å². The number of methoxy groups -OCH3 is 1. The number of nitrogens with one attached hydrogen (secondary N) is 1. The van der Waals surface area contributed by atoms with E-state index in [1.165, 1.54) is 18.5 Å². The van der Waals surface area contributed by atoms with Crippen LogP contribution < -0.4 is 10.2 Å². The highest BCUT2D eigenvalue weighted by Gasteiger charge is 2.33. The number of benzene rings is 1. The van der Waals surface area contributed by atoms with Crippen LogP contribution >= 0.6 is 0 Å². The molecule has 2 aliphatic rings. The van der Waals surface area contributed by atoms with E-state index in [0.29, 0.717) is 26.1 Å². The first-order valence-corrected chi connectivity index (χ1v) is 9.10. The highest BCUT2D eigenvalue weighted by molar-refractivity contribution is 5.97. The Labute approximate surface area is 149 Å². The SMILES string of the molecule is COCCCN1CC(C(=O)Nc2ccc(N3CCCC3)cc2)CC1=O. The van der Waals surface area contributed by atoms with E-state index in [0.717, 1.165) is 25.2 Å². The summed E-state index contributed by atoms with van der Waals surface area (Å²) in [6.07, 6.45) is 3.59. The molecule has 6 heteroatoms. The van der Waals surface area contributed by atoms with Crippen molar-refractivity contribution in [2.75, 3.05) is 50.1 Å². The Kier molecular flexibility index (Phi) is 5.91. The van der Waals surface area contributed by atoms with Gasteiger partial charge in [-0.3, -0.25) is 9.59 Å². The van der Waals surface area contributed by atoms with Gasteiger partial charge in [0.15, 0.2) is 0 Å². The summed E-state index contributed by atoms with van der Waals surface area (Å²) in [5.41, 5.74) is 1.99. The van der Waals surface area contributed by atoms with Crippen LogP contribution in [0.4, 0.5) is 11.4 Å². The molecule has 136 valence electrons. The van der Waals surface area contributed by atoms with E-state index in [1.807, 2.05) is 12.1 Å². The third-order valence-corrected chi connectivity index (χ3v) is 4.97. The number of ether oxygens (including phenoxy) is 1. The minimum absolute atomic E-state index is 0.0561. The van der Waals surface area contributed by atoms with Crippen molar-refractivity contribution < 1.29 is 14.3 Å². The predicted molar refractivity (Wildman–Crippen MR) is 97.7 cm³/mol. The van der Waals surface area contributed by atoms with Crippen molar-refractivity contribution in [2.24, 2.45) is 5.92 Å². The van der Waals surface area contributed by atoms with Gasteiger partial charge in [-0.2, -0.15) is 0 Å². The maximum absolute atomic E-state index is 12.5. The number of hydrogen-bond donors (Lipinski definition) is 1. The van der Waals surface area contributed by atoms with Crippen LogP contribution in [0.2, 0.25) is 0 Å². The molecule has 0 aromatic heterocycles. The Morgan fingerprint density at radius 2 is 1.96 bits per heavy atom. The van der Waals surface area contributed by atoms with Crippen molar-refractivity contribution in [2.45, 2.75) is 25.7 Å². The van der Waals surface area contributed by atoms with Gasteiger partial charge in [-0.1, -0.05) is 0 Å². The monoisotopic (exact) mass is 345 g/mol. The average Bonchev–Trinajstić information content (AvgIpc) is 3.26. The standard InChI is InChI=1S/C19H27N3O3/c1-25-12-4-11-22-14-15(13-18(22)23)19(24)20-16-5-7-17(8-6-16)21-9-2-3-10-21/h5-8,15H,2-4,9-14H2,1H3,(H,20,24). The van der Waals surface area contributed by atoms with Gasteiger partial charge in [-0.15, -0.1) is 0 Å². The van der Waals surface area contributed by atoms with Crippen LogP contribution in [-0.4, -0.2) is 56.6 Å². The van der Waals surface area contributed by atoms with Crippen molar-refractivity contribution in [3.8, 4) is 0 Å². The van der Waals surface area contributed by atoms with Crippen LogP contribution in [0.3, 0.4) is 0 Å². The van der Waals surface area contributed by atoms with Crippen molar-refractivity contribution in [1.29, 1.82) is 0 Å². The molecular weight excluding hydrogens is 318 g/mol. The van der Waals surface area contributed by atoms with Crippen LogP contribution in [0.1, 0.15) is 25.7 Å². The summed E-state index contributed by atoms with van der Waals surface area (Å²) < 4.78 is 5.02. The lowest BCUT2D eigenvalue weighted by Crippen LogP contribution is -2.29. The zero-order chi connectivity index (χ0) is 17.6. The van der Waals surface area contributed by atoms with Crippen molar-refractivity contribution >= 4 is 23.2 Å². The maximum Gasteiger partial charge on any atom is 0.229 e. The number of nitrogens with zero attached hydrogens (tertiary/aromatic N) is 2. The fourth-order valence-corrected chi connectivity index (χ4v) is 3.54. The summed E-state index contributed by atoms with van der Waals surface area (Å²) in [5.74, 6) is -0.287. The molecule has 1 N–H and O–H groups in total. The second kappa shape index (κ2) is 8.34. The van der Waals surface area contributed by atoms with Crippen LogP contribution in [0.25, 0.3) is 0 Å². The minimum atomic E-state index is -0.270. The van der Waals surface area contributed by atoms with E-state index < -0.39 is 0 Å². The predicted octanol–water partition coefficient (Wildman–Crippen LogP) is 2.11. The molecule has 1 unspecified atom stereocenters. The second-order valence-electron chi connectivity index (χ2n) is 6.82. The Balaban J connectivity index is 1.51. The average molecular weight is 345 g/mol. The molecule has 1 atom stereocenters. The lowest BCUT2D eigenvalue weighted by Gasteiger charge is -2.18. The summed E-state index contributed by atoms with van der Waals surface area (Å²) in [6.45, 7) is 3.99. The Morgan fingerprint density at radius 3 is 2.64 bits per heavy atom. The number of carbonyl (C=O) groups is 2. The summed E-state index contributed by atoms with van der Waals surface area (Å²) in [5, 5.41) is 2.95. The highest BCUT2D eigenvalue weighted by atomic mass is 16.5. The van der Waals surface area contributed by atoms with E-state index in [9.17, 15) is 9.59 Å². The zero-order valence-corrected chi connectivity index (χ0v) is 14.9. The maximum atomic E-state index is 12.5. The number of carbonyl (C=O) groups excluding carboxylic acids is 2. The van der Waals surface area contributed by atoms with Gasteiger partial charge >= 0.3 is 0 Å². The first-order chi connectivity index (χ1) is 12.2. The van der Waals surface area contributed by atoms with Gasteiger partial charge in [0.25, 0.3) is 0 Å². The summed E-state index contributed by atoms with van der Waals surface area (Å²) in [7, 11) is 1.65. The quantitative estimate of drug-likeness (QED) is 0.769. The van der Waals surface area contributed by atoms with Crippen LogP contribution in [0, 0.1) is 5.92 Å². The van der Waals surface area contributed by atoms with E-state index in [1.54, 1.807) is 12.0 Å². The molecule has 2 aliphatic heterocycles. The Bertz CT molecular complexity index is 596. The molecule has 25 heavy (non-hydrogen) atoms. The molecule has 2 heterocycles. The first-order valence-electron chi connectivity index (χ1n) is 9.10. The lowest BCUT2D eigenvalue weighted by molar-refractivity contribution is -0.128. The Morgan fingerprint density at radius 1 is 1.24 bits per heavy atom. The molecule has 0 aliphatic carbocycles. The van der Waals surface area contributed by atoms with Gasteiger partial charge < -0.3 is 19.9 Å². The molecule has 0 bridgehead atoms. The van der Waals surface area contributed by atoms with Gasteiger partial charge in [0, 0.05) is 57.7 Å². The van der Waals surface area contributed by atoms with Gasteiger partial charge in [0.1, 0.15) is 0 Å². The van der Waals surface area contributed by atoms with Crippen LogP contribution in [0.15, 0.2) is 24.3 Å². The molecule has 6 nitrogen and oxygen atoms in total. The minimum Gasteiger partial charge on any atom is -0.385 e. The smallest absolute Gasteiger partial charge is 0.229 e. The van der Waals surface area contributed by atoms with E-state index >= 15 is 0 Å². The molecule has 0 spiro atoms. The number of likely N-dealkylation sites (tertiary alicyclic amines) is 1. The lowest BCUT2D eigenvalue weighted by atomic mass is 10.1. The fourth-order valence-electron chi connectivity index (χ4n) is 3.54. The van der Waals surface area contributed by atoms with Gasteiger partial charge in [-0.05, 0) is 43.5 Å². The van der Waals surface area contributed by atoms with Gasteiger partial charge in [0.05, 0.1) is 5.92 Å². The highest BCUT2D eigenvalue weighted by Crippen LogP contribution is 2.24. The largest absolute Gasteiger partial charge is 0.385 e. The molecule has 1 aromatic carbocycles. The number of anilines is 2. The van der Waals surface area contributed by atoms with Crippen molar-refractivity contribution in [3.63, 3.8) is 0 Å². The Hall–Kier alpha value is -2.08. The van der Waals surface area contributed by atoms with E-state index in [4.69, 9.17) is 4.74 Å². The van der Waals surface area contributed by atoms with E-state index in [-0.39, 0.29) is 17.7 Å².